The van der Waals surface area contributed by atoms with E-state index in [1.54, 1.807) is 0 Å². The van der Waals surface area contributed by atoms with Crippen molar-refractivity contribution in [3.05, 3.63) is 200 Å². The number of hydrogen-bond donors (Lipinski definition) is 0. The van der Waals surface area contributed by atoms with Crippen LogP contribution in [0, 0.1) is 0 Å². The van der Waals surface area contributed by atoms with Crippen LogP contribution >= 0.6 is 0 Å². The zero-order valence-corrected chi connectivity index (χ0v) is 29.8. The molecule has 258 valence electrons. The number of nitrogens with zero attached hydrogens (tertiary/aromatic N) is 3. The third-order valence-electron chi connectivity index (χ3n) is 10.2. The first kappa shape index (κ1) is 32.2. The van der Waals surface area contributed by atoms with Crippen molar-refractivity contribution in [2.45, 2.75) is 0 Å². The molecule has 0 N–H and O–H groups in total. The quantitative estimate of drug-likeness (QED) is 0.166. The summed E-state index contributed by atoms with van der Waals surface area (Å²) in [4.78, 5) is 15.0. The van der Waals surface area contributed by atoms with Crippen molar-refractivity contribution in [1.29, 1.82) is 0 Å². The third-order valence-corrected chi connectivity index (χ3v) is 10.2. The zero-order valence-electron chi connectivity index (χ0n) is 29.8. The molecule has 4 nitrogen and oxygen atoms in total. The van der Waals surface area contributed by atoms with Crippen LogP contribution in [0.2, 0.25) is 0 Å². The Morgan fingerprint density at radius 1 is 0.327 bits per heavy atom. The van der Waals surface area contributed by atoms with Crippen LogP contribution in [0.3, 0.4) is 0 Å². The number of furan rings is 1. The second-order valence-corrected chi connectivity index (χ2v) is 13.6. The average molecular weight is 704 g/mol. The van der Waals surface area contributed by atoms with E-state index >= 15 is 0 Å². The van der Waals surface area contributed by atoms with Gasteiger partial charge in [-0.2, -0.15) is 0 Å². The molecule has 0 spiro atoms. The van der Waals surface area contributed by atoms with Crippen LogP contribution in [0.25, 0.3) is 100 Å². The minimum absolute atomic E-state index is 0.665. The van der Waals surface area contributed by atoms with Gasteiger partial charge in [-0.05, 0) is 70.3 Å². The SMILES string of the molecule is c1ccc(-c2nc(-c3ccc(-c4ccccn4)cc3)cc(-c3cc(-c4ccccc4-c4ccccc4)cc(-c4cccc5c4oc4ccccc45)c3)n2)cc1. The number of para-hydroxylation sites is 2. The van der Waals surface area contributed by atoms with E-state index in [1.165, 1.54) is 0 Å². The average Bonchev–Trinajstić information content (AvgIpc) is 3.66. The van der Waals surface area contributed by atoms with Gasteiger partial charge >= 0.3 is 0 Å². The highest BCUT2D eigenvalue weighted by Crippen LogP contribution is 2.41. The number of benzene rings is 7. The van der Waals surface area contributed by atoms with Gasteiger partial charge in [0, 0.05) is 44.8 Å². The minimum Gasteiger partial charge on any atom is -0.455 e. The van der Waals surface area contributed by atoms with Gasteiger partial charge in [0.2, 0.25) is 0 Å². The van der Waals surface area contributed by atoms with Gasteiger partial charge in [-0.3, -0.25) is 4.98 Å². The molecule has 0 fully saturated rings. The van der Waals surface area contributed by atoms with E-state index in [1.807, 2.05) is 54.7 Å². The monoisotopic (exact) mass is 703 g/mol. The van der Waals surface area contributed by atoms with E-state index in [9.17, 15) is 0 Å². The second kappa shape index (κ2) is 13.8. The normalized spacial score (nSPS) is 11.3. The highest BCUT2D eigenvalue weighted by molar-refractivity contribution is 6.10. The maximum absolute atomic E-state index is 6.59. The van der Waals surface area contributed by atoms with E-state index in [4.69, 9.17) is 14.4 Å². The Bertz CT molecular complexity index is 2950. The van der Waals surface area contributed by atoms with Gasteiger partial charge in [-0.15, -0.1) is 0 Å². The fourth-order valence-electron chi connectivity index (χ4n) is 7.47. The highest BCUT2D eigenvalue weighted by atomic mass is 16.3. The summed E-state index contributed by atoms with van der Waals surface area (Å²) in [5.74, 6) is 0.665. The van der Waals surface area contributed by atoms with Gasteiger partial charge in [0.05, 0.1) is 17.1 Å². The smallest absolute Gasteiger partial charge is 0.160 e. The molecular formula is C51H33N3O. The largest absolute Gasteiger partial charge is 0.455 e. The number of rotatable bonds is 7. The molecule has 4 heteroatoms. The lowest BCUT2D eigenvalue weighted by Gasteiger charge is -2.15. The topological polar surface area (TPSA) is 51.8 Å². The molecule has 0 aliphatic heterocycles. The van der Waals surface area contributed by atoms with Gasteiger partial charge in [0.15, 0.2) is 5.82 Å². The lowest BCUT2D eigenvalue weighted by atomic mass is 9.90. The first-order valence-corrected chi connectivity index (χ1v) is 18.4. The standard InChI is InChI=1S/C51H33N3O/c1-3-14-34(15-4-1)41-18-7-8-19-42(41)38-30-39(43-21-13-22-45-44-20-9-10-24-49(44)55-50(43)45)32-40(31-38)48-33-47(53-51(54-48)37-16-5-2-6-17-37)36-27-25-35(26-28-36)46-23-11-12-29-52-46/h1-33H. The Morgan fingerprint density at radius 2 is 0.873 bits per heavy atom. The lowest BCUT2D eigenvalue weighted by molar-refractivity contribution is 0.670. The van der Waals surface area contributed by atoms with Gasteiger partial charge < -0.3 is 4.42 Å². The molecular weight excluding hydrogens is 671 g/mol. The Kier molecular flexibility index (Phi) is 8.12. The minimum atomic E-state index is 0.665. The van der Waals surface area contributed by atoms with Crippen LogP contribution in [0.1, 0.15) is 0 Å². The molecule has 3 aromatic heterocycles. The Labute approximate surface area is 319 Å². The Morgan fingerprint density at radius 3 is 1.60 bits per heavy atom. The van der Waals surface area contributed by atoms with Gasteiger partial charge in [-0.1, -0.05) is 152 Å². The molecule has 0 aliphatic carbocycles. The highest BCUT2D eigenvalue weighted by Gasteiger charge is 2.18. The number of pyridine rings is 1. The zero-order chi connectivity index (χ0) is 36.6. The molecule has 0 saturated heterocycles. The van der Waals surface area contributed by atoms with Crippen molar-refractivity contribution in [3.63, 3.8) is 0 Å². The van der Waals surface area contributed by atoms with Crippen molar-refractivity contribution in [3.8, 4) is 78.5 Å². The van der Waals surface area contributed by atoms with Gasteiger partial charge in [0.1, 0.15) is 11.2 Å². The molecule has 0 unspecified atom stereocenters. The predicted molar refractivity (Wildman–Crippen MR) is 225 cm³/mol. The van der Waals surface area contributed by atoms with Gasteiger partial charge in [-0.25, -0.2) is 9.97 Å². The number of fused-ring (bicyclic) bond motifs is 3. The van der Waals surface area contributed by atoms with E-state index in [0.717, 1.165) is 94.7 Å². The van der Waals surface area contributed by atoms with Crippen LogP contribution in [0.15, 0.2) is 205 Å². The molecule has 10 rings (SSSR count). The predicted octanol–water partition coefficient (Wildman–Crippen LogP) is 13.4. The number of aromatic nitrogens is 3. The molecule has 55 heavy (non-hydrogen) atoms. The van der Waals surface area contributed by atoms with Crippen molar-refractivity contribution < 1.29 is 4.42 Å². The molecule has 7 aromatic carbocycles. The summed E-state index contributed by atoms with van der Waals surface area (Å²) >= 11 is 0. The summed E-state index contributed by atoms with van der Waals surface area (Å²) in [7, 11) is 0. The Hall–Kier alpha value is -7.43. The van der Waals surface area contributed by atoms with Crippen LogP contribution in [-0.2, 0) is 0 Å². The maximum atomic E-state index is 6.59. The summed E-state index contributed by atoms with van der Waals surface area (Å²) in [6.07, 6.45) is 1.82. The molecule has 0 aliphatic rings. The summed E-state index contributed by atoms with van der Waals surface area (Å²) < 4.78 is 6.59. The summed E-state index contributed by atoms with van der Waals surface area (Å²) in [5.41, 5.74) is 14.9. The molecule has 0 saturated carbocycles. The fraction of sp³-hybridized carbons (Fsp3) is 0. The first-order chi connectivity index (χ1) is 27.2. The first-order valence-electron chi connectivity index (χ1n) is 18.4. The van der Waals surface area contributed by atoms with Gasteiger partial charge in [0.25, 0.3) is 0 Å². The van der Waals surface area contributed by atoms with Crippen LogP contribution in [0.5, 0.6) is 0 Å². The van der Waals surface area contributed by atoms with E-state index in [2.05, 4.69) is 151 Å². The number of hydrogen-bond acceptors (Lipinski definition) is 4. The maximum Gasteiger partial charge on any atom is 0.160 e. The Balaban J connectivity index is 1.20. The van der Waals surface area contributed by atoms with Crippen LogP contribution in [-0.4, -0.2) is 15.0 Å². The van der Waals surface area contributed by atoms with E-state index in [0.29, 0.717) is 5.82 Å². The fourth-order valence-corrected chi connectivity index (χ4v) is 7.47. The molecule has 0 radical (unpaired) electrons. The summed E-state index contributed by atoms with van der Waals surface area (Å²) in [6.45, 7) is 0. The van der Waals surface area contributed by atoms with Crippen molar-refractivity contribution in [1.82, 2.24) is 15.0 Å². The third kappa shape index (κ3) is 6.16. The summed E-state index contributed by atoms with van der Waals surface area (Å²) in [6, 6.07) is 67.3. The van der Waals surface area contributed by atoms with E-state index < -0.39 is 0 Å². The lowest BCUT2D eigenvalue weighted by Crippen LogP contribution is -1.97. The van der Waals surface area contributed by atoms with Crippen LogP contribution in [0.4, 0.5) is 0 Å². The van der Waals surface area contributed by atoms with Crippen LogP contribution < -0.4 is 0 Å². The molecule has 0 amide bonds. The van der Waals surface area contributed by atoms with Crippen molar-refractivity contribution >= 4 is 21.9 Å². The molecule has 0 bridgehead atoms. The van der Waals surface area contributed by atoms with Crippen molar-refractivity contribution in [2.75, 3.05) is 0 Å². The summed E-state index contributed by atoms with van der Waals surface area (Å²) in [5, 5.41) is 2.20. The van der Waals surface area contributed by atoms with Crippen molar-refractivity contribution in [2.24, 2.45) is 0 Å². The molecule has 10 aromatic rings. The molecule has 3 heterocycles. The molecule has 0 atom stereocenters. The van der Waals surface area contributed by atoms with E-state index in [-0.39, 0.29) is 0 Å². The second-order valence-electron chi connectivity index (χ2n) is 13.6.